The molecule has 2 aliphatic rings. The van der Waals surface area contributed by atoms with E-state index in [4.69, 9.17) is 5.14 Å². The molecular formula is C8H13NO2S. The van der Waals surface area contributed by atoms with E-state index < -0.39 is 10.0 Å². The van der Waals surface area contributed by atoms with Gasteiger partial charge in [0.15, 0.2) is 0 Å². The molecule has 4 heteroatoms. The van der Waals surface area contributed by atoms with Crippen LogP contribution in [0.3, 0.4) is 0 Å². The topological polar surface area (TPSA) is 60.2 Å². The molecule has 0 aliphatic heterocycles. The largest absolute Gasteiger partial charge is 0.229 e. The van der Waals surface area contributed by atoms with Crippen LogP contribution in [0, 0.1) is 17.8 Å². The molecule has 12 heavy (non-hydrogen) atoms. The molecule has 0 aromatic heterocycles. The summed E-state index contributed by atoms with van der Waals surface area (Å²) < 4.78 is 21.6. The average molecular weight is 187 g/mol. The van der Waals surface area contributed by atoms with Gasteiger partial charge in [-0.15, -0.1) is 0 Å². The van der Waals surface area contributed by atoms with E-state index in [1.54, 1.807) is 0 Å². The molecule has 0 spiro atoms. The maximum Gasteiger partial charge on any atom is 0.209 e. The lowest BCUT2D eigenvalue weighted by molar-refractivity contribution is 0.484. The third-order valence-electron chi connectivity index (χ3n) is 2.86. The lowest BCUT2D eigenvalue weighted by Crippen LogP contribution is -2.25. The molecule has 0 radical (unpaired) electrons. The van der Waals surface area contributed by atoms with Crippen molar-refractivity contribution in [3.05, 3.63) is 12.2 Å². The van der Waals surface area contributed by atoms with Crippen LogP contribution in [0.2, 0.25) is 0 Å². The number of allylic oxidation sites excluding steroid dienone is 2. The Balaban J connectivity index is 2.05. The second-order valence-electron chi connectivity index (χ2n) is 3.87. The van der Waals surface area contributed by atoms with Crippen LogP contribution in [-0.4, -0.2) is 14.2 Å². The molecule has 2 N–H and O–H groups in total. The van der Waals surface area contributed by atoms with Crippen molar-refractivity contribution in [3.63, 3.8) is 0 Å². The highest BCUT2D eigenvalue weighted by Crippen LogP contribution is 2.43. The summed E-state index contributed by atoms with van der Waals surface area (Å²) in [4.78, 5) is 0. The van der Waals surface area contributed by atoms with Gasteiger partial charge in [0.2, 0.25) is 10.0 Å². The minimum absolute atomic E-state index is 0.165. The molecular weight excluding hydrogens is 174 g/mol. The van der Waals surface area contributed by atoms with Crippen LogP contribution in [0.5, 0.6) is 0 Å². The SMILES string of the molecule is NS(=O)(=O)CC1CC2C=CC1C2. The maximum absolute atomic E-state index is 10.8. The van der Waals surface area contributed by atoms with Crippen LogP contribution in [-0.2, 0) is 10.0 Å². The summed E-state index contributed by atoms with van der Waals surface area (Å²) in [6.07, 6.45) is 6.49. The Morgan fingerprint density at radius 3 is 2.50 bits per heavy atom. The highest BCUT2D eigenvalue weighted by Gasteiger charge is 2.37. The molecule has 0 aromatic carbocycles. The van der Waals surface area contributed by atoms with E-state index in [0.29, 0.717) is 11.8 Å². The molecule has 0 saturated heterocycles. The Hall–Kier alpha value is -0.350. The number of sulfonamides is 1. The van der Waals surface area contributed by atoms with E-state index in [0.717, 1.165) is 12.8 Å². The smallest absolute Gasteiger partial charge is 0.209 e. The molecule has 1 saturated carbocycles. The van der Waals surface area contributed by atoms with Crippen molar-refractivity contribution in [1.82, 2.24) is 0 Å². The van der Waals surface area contributed by atoms with Gasteiger partial charge in [-0.2, -0.15) is 0 Å². The summed E-state index contributed by atoms with van der Waals surface area (Å²) in [6.45, 7) is 0. The van der Waals surface area contributed by atoms with E-state index in [1.807, 2.05) is 0 Å². The first kappa shape index (κ1) is 8.26. The molecule has 3 nitrogen and oxygen atoms in total. The van der Waals surface area contributed by atoms with Crippen LogP contribution >= 0.6 is 0 Å². The molecule has 68 valence electrons. The van der Waals surface area contributed by atoms with Crippen LogP contribution < -0.4 is 5.14 Å². The van der Waals surface area contributed by atoms with Gasteiger partial charge in [0.1, 0.15) is 0 Å². The van der Waals surface area contributed by atoms with Gasteiger partial charge in [0, 0.05) is 0 Å². The van der Waals surface area contributed by atoms with Crippen molar-refractivity contribution in [2.24, 2.45) is 22.9 Å². The summed E-state index contributed by atoms with van der Waals surface area (Å²) in [5, 5.41) is 5.00. The van der Waals surface area contributed by atoms with Crippen molar-refractivity contribution >= 4 is 10.0 Å². The first-order valence-electron chi connectivity index (χ1n) is 4.23. The Labute approximate surface area is 72.7 Å². The highest BCUT2D eigenvalue weighted by molar-refractivity contribution is 7.89. The van der Waals surface area contributed by atoms with Gasteiger partial charge in [-0.05, 0) is 30.6 Å². The van der Waals surface area contributed by atoms with Crippen molar-refractivity contribution in [2.75, 3.05) is 5.75 Å². The molecule has 0 aromatic rings. The van der Waals surface area contributed by atoms with Gasteiger partial charge in [-0.25, -0.2) is 13.6 Å². The second kappa shape index (κ2) is 2.57. The Bertz CT molecular complexity index is 307. The summed E-state index contributed by atoms with van der Waals surface area (Å²) in [7, 11) is -3.26. The number of hydrogen-bond acceptors (Lipinski definition) is 2. The van der Waals surface area contributed by atoms with E-state index >= 15 is 0 Å². The van der Waals surface area contributed by atoms with Gasteiger partial charge in [-0.3, -0.25) is 0 Å². The zero-order chi connectivity index (χ0) is 8.77. The van der Waals surface area contributed by atoms with E-state index in [1.165, 1.54) is 0 Å². The molecule has 1 fully saturated rings. The summed E-state index contributed by atoms with van der Waals surface area (Å²) in [5.41, 5.74) is 0. The van der Waals surface area contributed by atoms with Crippen LogP contribution in [0.15, 0.2) is 12.2 Å². The van der Waals surface area contributed by atoms with Crippen LogP contribution in [0.4, 0.5) is 0 Å². The molecule has 3 atom stereocenters. The first-order valence-corrected chi connectivity index (χ1v) is 5.95. The first-order chi connectivity index (χ1) is 5.54. The maximum atomic E-state index is 10.8. The molecule has 2 rings (SSSR count). The predicted octanol–water partition coefficient (Wildman–Crippen LogP) is 0.487. The predicted molar refractivity (Wildman–Crippen MR) is 46.8 cm³/mol. The molecule has 0 heterocycles. The fourth-order valence-electron chi connectivity index (χ4n) is 2.38. The number of fused-ring (bicyclic) bond motifs is 2. The van der Waals surface area contributed by atoms with Crippen molar-refractivity contribution in [1.29, 1.82) is 0 Å². The van der Waals surface area contributed by atoms with Gasteiger partial charge >= 0.3 is 0 Å². The number of hydrogen-bond donors (Lipinski definition) is 1. The van der Waals surface area contributed by atoms with Crippen molar-refractivity contribution < 1.29 is 8.42 Å². The van der Waals surface area contributed by atoms with Crippen LogP contribution in [0.1, 0.15) is 12.8 Å². The molecule has 0 amide bonds. The zero-order valence-corrected chi connectivity index (χ0v) is 7.63. The highest BCUT2D eigenvalue weighted by atomic mass is 32.2. The lowest BCUT2D eigenvalue weighted by atomic mass is 9.96. The lowest BCUT2D eigenvalue weighted by Gasteiger charge is -2.15. The minimum atomic E-state index is -3.26. The second-order valence-corrected chi connectivity index (χ2v) is 5.53. The van der Waals surface area contributed by atoms with Gasteiger partial charge in [-0.1, -0.05) is 12.2 Å². The Kier molecular flexibility index (Phi) is 1.77. The van der Waals surface area contributed by atoms with E-state index in [2.05, 4.69) is 12.2 Å². The summed E-state index contributed by atoms with van der Waals surface area (Å²) in [6, 6.07) is 0. The minimum Gasteiger partial charge on any atom is -0.229 e. The molecule has 2 aliphatic carbocycles. The van der Waals surface area contributed by atoms with Gasteiger partial charge in [0.25, 0.3) is 0 Å². The number of rotatable bonds is 2. The van der Waals surface area contributed by atoms with Gasteiger partial charge in [0.05, 0.1) is 5.75 Å². The Morgan fingerprint density at radius 2 is 2.08 bits per heavy atom. The summed E-state index contributed by atoms with van der Waals surface area (Å²) in [5.74, 6) is 1.56. The van der Waals surface area contributed by atoms with Crippen molar-refractivity contribution in [2.45, 2.75) is 12.8 Å². The van der Waals surface area contributed by atoms with Crippen LogP contribution in [0.25, 0.3) is 0 Å². The average Bonchev–Trinajstić information content (AvgIpc) is 2.42. The van der Waals surface area contributed by atoms with Gasteiger partial charge < -0.3 is 0 Å². The monoisotopic (exact) mass is 187 g/mol. The zero-order valence-electron chi connectivity index (χ0n) is 6.81. The van der Waals surface area contributed by atoms with Crippen molar-refractivity contribution in [3.8, 4) is 0 Å². The Morgan fingerprint density at radius 1 is 1.33 bits per heavy atom. The van der Waals surface area contributed by atoms with E-state index in [9.17, 15) is 8.42 Å². The molecule has 3 unspecified atom stereocenters. The van der Waals surface area contributed by atoms with E-state index in [-0.39, 0.29) is 11.7 Å². The third kappa shape index (κ3) is 1.54. The standard InChI is InChI=1S/C8H13NO2S/c9-12(10,11)5-8-4-6-1-2-7(8)3-6/h1-2,6-8H,3-5H2,(H2,9,10,11). The summed E-state index contributed by atoms with van der Waals surface area (Å²) >= 11 is 0. The molecule has 2 bridgehead atoms. The quantitative estimate of drug-likeness (QED) is 0.639. The fourth-order valence-corrected chi connectivity index (χ4v) is 3.36. The fraction of sp³-hybridized carbons (Fsp3) is 0.750. The number of primary sulfonamides is 1. The number of nitrogens with two attached hydrogens (primary N) is 1. The normalized spacial score (nSPS) is 39.2. The third-order valence-corrected chi connectivity index (χ3v) is 3.76.